The zero-order chi connectivity index (χ0) is 20.3. The highest BCUT2D eigenvalue weighted by Gasteiger charge is 2.15. The lowest BCUT2D eigenvalue weighted by atomic mass is 10.0. The lowest BCUT2D eigenvalue weighted by Crippen LogP contribution is -2.13. The minimum Gasteiger partial charge on any atom is -0.465 e. The van der Waals surface area contributed by atoms with Gasteiger partial charge in [-0.1, -0.05) is 53.5 Å². The van der Waals surface area contributed by atoms with Crippen LogP contribution >= 0.6 is 23.2 Å². The highest BCUT2D eigenvalue weighted by atomic mass is 35.5. The smallest absolute Gasteiger partial charge is 0.339 e. The summed E-state index contributed by atoms with van der Waals surface area (Å²) < 4.78 is 4.85. The number of halogens is 2. The maximum absolute atomic E-state index is 12.5. The molecule has 3 rings (SSSR count). The molecular formula is C22H17Cl2NO3. The summed E-state index contributed by atoms with van der Waals surface area (Å²) in [5.41, 5.74) is 2.15. The molecule has 0 saturated heterocycles. The van der Waals surface area contributed by atoms with Crippen molar-refractivity contribution in [2.75, 3.05) is 12.4 Å². The molecule has 0 aliphatic carbocycles. The van der Waals surface area contributed by atoms with Crippen molar-refractivity contribution in [3.8, 4) is 0 Å². The first-order chi connectivity index (χ1) is 13.4. The fraction of sp³-hybridized carbons (Fsp3) is 0.0909. The lowest BCUT2D eigenvalue weighted by Gasteiger charge is -2.11. The molecule has 0 aromatic heterocycles. The summed E-state index contributed by atoms with van der Waals surface area (Å²) in [6.45, 7) is 1.79. The number of carbonyl (C=O) groups is 2. The quantitative estimate of drug-likeness (QED) is 0.422. The number of hydrogen-bond donors (Lipinski definition) is 1. The van der Waals surface area contributed by atoms with Crippen molar-refractivity contribution >= 4 is 57.1 Å². The first-order valence-corrected chi connectivity index (χ1v) is 9.20. The number of methoxy groups -OCH3 is 1. The van der Waals surface area contributed by atoms with E-state index in [2.05, 4.69) is 5.32 Å². The van der Waals surface area contributed by atoms with Crippen LogP contribution in [0.5, 0.6) is 0 Å². The molecule has 142 valence electrons. The van der Waals surface area contributed by atoms with E-state index in [1.807, 2.05) is 24.3 Å². The van der Waals surface area contributed by atoms with Gasteiger partial charge in [-0.05, 0) is 53.1 Å². The Hall–Kier alpha value is -2.82. The number of esters is 1. The topological polar surface area (TPSA) is 55.4 Å². The number of fused-ring (bicyclic) bond motifs is 1. The predicted octanol–water partition coefficient (Wildman–Crippen LogP) is 5.98. The molecule has 3 aromatic rings. The van der Waals surface area contributed by atoms with Crippen molar-refractivity contribution in [2.24, 2.45) is 0 Å². The van der Waals surface area contributed by atoms with Gasteiger partial charge in [-0.25, -0.2) is 4.79 Å². The molecule has 0 bridgehead atoms. The Bertz CT molecular complexity index is 1110. The van der Waals surface area contributed by atoms with Crippen LogP contribution in [0.25, 0.3) is 16.3 Å². The number of amides is 1. The Kier molecular flexibility index (Phi) is 6.02. The molecule has 0 atom stereocenters. The minimum atomic E-state index is -0.522. The van der Waals surface area contributed by atoms with E-state index in [-0.39, 0.29) is 11.5 Å². The minimum absolute atomic E-state index is 0.287. The fourth-order valence-electron chi connectivity index (χ4n) is 2.81. The maximum atomic E-state index is 12.5. The van der Waals surface area contributed by atoms with Crippen molar-refractivity contribution < 1.29 is 14.3 Å². The molecule has 0 fully saturated rings. The van der Waals surface area contributed by atoms with Crippen molar-refractivity contribution in [3.05, 3.63) is 81.8 Å². The first-order valence-electron chi connectivity index (χ1n) is 8.45. The number of ether oxygens (including phenoxy) is 1. The molecule has 0 spiro atoms. The van der Waals surface area contributed by atoms with Gasteiger partial charge >= 0.3 is 5.97 Å². The van der Waals surface area contributed by atoms with Gasteiger partial charge in [0.25, 0.3) is 0 Å². The summed E-state index contributed by atoms with van der Waals surface area (Å²) in [5, 5.41) is 5.40. The van der Waals surface area contributed by atoms with E-state index >= 15 is 0 Å². The Morgan fingerprint density at radius 3 is 2.29 bits per heavy atom. The van der Waals surface area contributed by atoms with Crippen LogP contribution in [-0.4, -0.2) is 19.0 Å². The van der Waals surface area contributed by atoms with Crippen LogP contribution in [0.15, 0.2) is 60.7 Å². The molecule has 1 N–H and O–H groups in total. The summed E-state index contributed by atoms with van der Waals surface area (Å²) in [6, 6.07) is 16.2. The number of anilines is 1. The molecule has 28 heavy (non-hydrogen) atoms. The SMILES string of the molecule is COC(=O)c1cc2ccccc2cc1NC(=O)/C=C(/C)c1ccc(Cl)c(Cl)c1. The van der Waals surface area contributed by atoms with Crippen LogP contribution < -0.4 is 5.32 Å². The second-order valence-corrected chi connectivity index (χ2v) is 7.00. The molecule has 6 heteroatoms. The van der Waals surface area contributed by atoms with Crippen LogP contribution in [0.1, 0.15) is 22.8 Å². The zero-order valence-electron chi connectivity index (χ0n) is 15.3. The van der Waals surface area contributed by atoms with Crippen LogP contribution in [0.4, 0.5) is 5.69 Å². The Labute approximate surface area is 172 Å². The number of hydrogen-bond acceptors (Lipinski definition) is 3. The molecule has 4 nitrogen and oxygen atoms in total. The van der Waals surface area contributed by atoms with Crippen LogP contribution in [0.2, 0.25) is 10.0 Å². The average molecular weight is 414 g/mol. The molecule has 0 unspecified atom stereocenters. The third kappa shape index (κ3) is 4.35. The number of benzene rings is 3. The molecule has 0 aliphatic heterocycles. The van der Waals surface area contributed by atoms with Gasteiger partial charge in [-0.15, -0.1) is 0 Å². The van der Waals surface area contributed by atoms with E-state index in [9.17, 15) is 9.59 Å². The van der Waals surface area contributed by atoms with Crippen LogP contribution in [-0.2, 0) is 9.53 Å². The molecule has 0 saturated carbocycles. The van der Waals surface area contributed by atoms with E-state index in [1.54, 1.807) is 37.3 Å². The van der Waals surface area contributed by atoms with E-state index in [0.29, 0.717) is 21.3 Å². The normalized spacial score (nSPS) is 11.4. The third-order valence-electron chi connectivity index (χ3n) is 4.27. The third-order valence-corrected chi connectivity index (χ3v) is 5.01. The largest absolute Gasteiger partial charge is 0.465 e. The predicted molar refractivity (Wildman–Crippen MR) is 114 cm³/mol. The standard InChI is InChI=1S/C22H17Cl2NO3/c1-13(14-7-8-18(23)19(24)11-14)9-21(26)25-20-12-16-6-4-3-5-15(16)10-17(20)22(27)28-2/h3-12H,1-2H3,(H,25,26)/b13-9-. The Balaban J connectivity index is 1.93. The summed E-state index contributed by atoms with van der Waals surface area (Å²) in [7, 11) is 1.30. The first kappa shape index (κ1) is 19.9. The van der Waals surface area contributed by atoms with E-state index < -0.39 is 5.97 Å². The van der Waals surface area contributed by atoms with Crippen molar-refractivity contribution in [3.63, 3.8) is 0 Å². The molecule has 1 amide bonds. The van der Waals surface area contributed by atoms with Gasteiger partial charge in [0.05, 0.1) is 28.4 Å². The van der Waals surface area contributed by atoms with E-state index in [4.69, 9.17) is 27.9 Å². The number of nitrogens with one attached hydrogen (secondary N) is 1. The second kappa shape index (κ2) is 8.46. The van der Waals surface area contributed by atoms with Gasteiger partial charge in [0.2, 0.25) is 5.91 Å². The molecule has 0 aliphatic rings. The number of allylic oxidation sites excluding steroid dienone is 1. The summed E-state index contributed by atoms with van der Waals surface area (Å²) in [4.78, 5) is 24.7. The average Bonchev–Trinajstić information content (AvgIpc) is 2.68. The van der Waals surface area contributed by atoms with Crippen molar-refractivity contribution in [2.45, 2.75) is 6.92 Å². The van der Waals surface area contributed by atoms with Gasteiger partial charge in [-0.3, -0.25) is 4.79 Å². The Morgan fingerprint density at radius 1 is 0.964 bits per heavy atom. The second-order valence-electron chi connectivity index (χ2n) is 6.18. The van der Waals surface area contributed by atoms with Gasteiger partial charge in [0.15, 0.2) is 0 Å². The summed E-state index contributed by atoms with van der Waals surface area (Å²) in [5.74, 6) is -0.893. The molecule has 0 radical (unpaired) electrons. The molecular weight excluding hydrogens is 397 g/mol. The zero-order valence-corrected chi connectivity index (χ0v) is 16.8. The summed E-state index contributed by atoms with van der Waals surface area (Å²) in [6.07, 6.45) is 1.44. The Morgan fingerprint density at radius 2 is 1.64 bits per heavy atom. The summed E-state index contributed by atoms with van der Waals surface area (Å²) >= 11 is 12.0. The number of rotatable bonds is 4. The van der Waals surface area contributed by atoms with Crippen LogP contribution in [0.3, 0.4) is 0 Å². The molecule has 0 heterocycles. The fourth-order valence-corrected chi connectivity index (χ4v) is 3.11. The van der Waals surface area contributed by atoms with Gasteiger partial charge in [-0.2, -0.15) is 0 Å². The highest BCUT2D eigenvalue weighted by molar-refractivity contribution is 6.42. The maximum Gasteiger partial charge on any atom is 0.339 e. The van der Waals surface area contributed by atoms with E-state index in [1.165, 1.54) is 13.2 Å². The highest BCUT2D eigenvalue weighted by Crippen LogP contribution is 2.27. The van der Waals surface area contributed by atoms with Gasteiger partial charge in [0.1, 0.15) is 0 Å². The van der Waals surface area contributed by atoms with Gasteiger partial charge < -0.3 is 10.1 Å². The van der Waals surface area contributed by atoms with Crippen LogP contribution in [0, 0.1) is 0 Å². The monoisotopic (exact) mass is 413 g/mol. The lowest BCUT2D eigenvalue weighted by molar-refractivity contribution is -0.111. The van der Waals surface area contributed by atoms with Crippen molar-refractivity contribution in [1.82, 2.24) is 0 Å². The van der Waals surface area contributed by atoms with Crippen molar-refractivity contribution in [1.29, 1.82) is 0 Å². The van der Waals surface area contributed by atoms with E-state index in [0.717, 1.165) is 16.3 Å². The van der Waals surface area contributed by atoms with Gasteiger partial charge in [0, 0.05) is 6.08 Å². The number of carbonyl (C=O) groups excluding carboxylic acids is 2. The molecule has 3 aromatic carbocycles.